The Morgan fingerprint density at radius 1 is 0.356 bits per heavy atom. The molecule has 0 saturated heterocycles. The quantitative estimate of drug-likeness (QED) is 0.110. The summed E-state index contributed by atoms with van der Waals surface area (Å²) in [6.45, 7) is 6.87. The van der Waals surface area contributed by atoms with Crippen molar-refractivity contribution in [2.24, 2.45) is 0 Å². The fraction of sp³-hybridized carbons (Fsp3) is 0.0526. The molecule has 0 aliphatic carbocycles. The van der Waals surface area contributed by atoms with Crippen molar-refractivity contribution in [3.05, 3.63) is 350 Å². The van der Waals surface area contributed by atoms with E-state index in [1.54, 1.807) is 30.3 Å². The molecule has 0 atom stereocenters. The Morgan fingerprint density at radius 3 is 1.03 bits per heavy atom. The Balaban J connectivity index is -0.000000103. The molecular weight excluding hydrogens is 1130 g/mol. The van der Waals surface area contributed by atoms with Gasteiger partial charge < -0.3 is 9.47 Å². The second-order valence-corrected chi connectivity index (χ2v) is 17.8. The Labute approximate surface area is 563 Å². The highest BCUT2D eigenvalue weighted by Crippen LogP contribution is 2.37. The van der Waals surface area contributed by atoms with Crippen molar-refractivity contribution in [3.63, 3.8) is 0 Å². The van der Waals surface area contributed by atoms with Gasteiger partial charge in [0.05, 0.1) is 22.3 Å². The van der Waals surface area contributed by atoms with Crippen LogP contribution in [0.5, 0.6) is 23.0 Å². The SMILES string of the molecule is C=C=C=C=C=C=C=C=C=C=C=C=C=C=C=C=C=C=C=C=C=C=C=C=C=C=C=C=C=C=C=C=C=C=C=C(N1C(=O)C=CC1=O)N1C(=O)c2ccc(Oc3ccc(C(C)(C)c4ccc(Oc5ccc6c(c5)C(=O)N(CN5C(=O)C=CC5=O)C6=O)cc4)cc3)cc2C1=O.[HH].[HH].[HH].[HH].[HH].[HH].[HH].[HH].[HH].[HH].[HH].[HH].[HH].[HH].[HH].[HH].[HH].[HH].[HH].[HH].[HH].[HH].[HH].[HH].[HH].[HH].[HH].[HH].[HH].[HH].[HH].[HH].[HH].[HH].[HH]. The van der Waals surface area contributed by atoms with Crippen LogP contribution in [0.15, 0.2) is 316 Å². The summed E-state index contributed by atoms with van der Waals surface area (Å²) in [7, 11) is 0. The van der Waals surface area contributed by atoms with Gasteiger partial charge in [-0.25, -0.2) is 9.80 Å². The van der Waals surface area contributed by atoms with Crippen LogP contribution in [0.3, 0.4) is 0 Å². The minimum Gasteiger partial charge on any atom is -0.457 e. The Kier molecular flexibility index (Phi) is 20.1. The highest BCUT2D eigenvalue weighted by molar-refractivity contribution is 6.24. The highest BCUT2D eigenvalue weighted by Gasteiger charge is 2.44. The van der Waals surface area contributed by atoms with Crippen LogP contribution in [0, 0.1) is 0 Å². The Hall–Kier alpha value is -15.2. The first-order valence-corrected chi connectivity index (χ1v) is 25.6. The zero-order chi connectivity index (χ0) is 63.7. The Bertz CT molecular complexity index is 5590. The average Bonchev–Trinajstić information content (AvgIpc) is 1.62. The number of rotatable bonds is 10. The molecule has 8 rings (SSSR count). The fourth-order valence-corrected chi connectivity index (χ4v) is 7.86. The summed E-state index contributed by atoms with van der Waals surface area (Å²) in [6, 6.07) is 23.3. The standard InChI is InChI=1S/C76H28N4O10.35H2/c1-4-5-6-7-8-9-10-11-12-13-14-15-16-17-18-19-20-21-22-23-24-25-26-27-28-29-30-31-32-33-34-35-36-37-67(79-70(83)52-53-71(79)84)80-74(87)64-49-47-62(55-66(64)75(80)88)90-60-44-40-58(41-45-60)76(2,3)57-38-42-59(43-39-57)89-61-46-48-63-65(54-61)73(86)78(72(63)85)56-77-68(81)50-51-69(77)82;;;;;;;;;;;;;;;;;;;;;;;;;;;;;;;;;;;/h38-55H,1,56H2,2-3H3;35*1H. The van der Waals surface area contributed by atoms with Crippen molar-refractivity contribution < 1.29 is 97.8 Å². The molecule has 4 aliphatic rings. The molecule has 4 aromatic rings. The van der Waals surface area contributed by atoms with Gasteiger partial charge in [-0.15, -0.1) is 0 Å². The molecule has 4 aliphatic heterocycles. The number of hydrogen-bond acceptors (Lipinski definition) is 10. The van der Waals surface area contributed by atoms with Gasteiger partial charge >= 0.3 is 0 Å². The van der Waals surface area contributed by atoms with Gasteiger partial charge in [0.25, 0.3) is 47.3 Å². The number of imide groups is 4. The van der Waals surface area contributed by atoms with Crippen molar-refractivity contribution in [3.8, 4) is 23.0 Å². The normalized spacial score (nSPS) is 11.6. The molecule has 0 aromatic heterocycles. The highest BCUT2D eigenvalue weighted by atomic mass is 16.5. The van der Waals surface area contributed by atoms with Crippen molar-refractivity contribution in [1.82, 2.24) is 19.6 Å². The monoisotopic (exact) mass is 1230 g/mol. The maximum atomic E-state index is 14.0. The van der Waals surface area contributed by atoms with Crippen LogP contribution in [0.1, 0.15) is 116 Å². The smallest absolute Gasteiger partial charge is 0.267 e. The molecule has 4 aromatic carbocycles. The van der Waals surface area contributed by atoms with Crippen LogP contribution < -0.4 is 9.47 Å². The third kappa shape index (κ3) is 15.5. The molecular formula is C76H98N4O10. The predicted octanol–water partition coefficient (Wildman–Crippen LogP) is 19.0. The Morgan fingerprint density at radius 2 is 0.656 bits per heavy atom. The van der Waals surface area contributed by atoms with E-state index in [-0.39, 0.29) is 77.9 Å². The summed E-state index contributed by atoms with van der Waals surface area (Å²) in [6.07, 6.45) is 4.10. The van der Waals surface area contributed by atoms with Crippen molar-refractivity contribution >= 4 is 47.3 Å². The van der Waals surface area contributed by atoms with Crippen molar-refractivity contribution in [1.29, 1.82) is 0 Å². The number of benzene rings is 4. The van der Waals surface area contributed by atoms with Crippen LogP contribution >= 0.6 is 0 Å². The van der Waals surface area contributed by atoms with Gasteiger partial charge in [0.2, 0.25) is 0 Å². The van der Waals surface area contributed by atoms with E-state index >= 15 is 0 Å². The van der Waals surface area contributed by atoms with E-state index in [1.165, 1.54) is 30.3 Å². The van der Waals surface area contributed by atoms with Crippen LogP contribution in [0.4, 0.5) is 0 Å². The average molecular weight is 1230 g/mol. The molecule has 0 saturated carbocycles. The molecule has 4 heterocycles. The molecule has 14 nitrogen and oxygen atoms in total. The van der Waals surface area contributed by atoms with Crippen molar-refractivity contribution in [2.45, 2.75) is 19.3 Å². The van der Waals surface area contributed by atoms with E-state index in [2.05, 4.69) is 201 Å². The van der Waals surface area contributed by atoms with Crippen molar-refractivity contribution in [2.75, 3.05) is 6.67 Å². The lowest BCUT2D eigenvalue weighted by Gasteiger charge is -2.26. The number of ether oxygens (including phenoxy) is 2. The van der Waals surface area contributed by atoms with E-state index in [0.717, 1.165) is 45.2 Å². The van der Waals surface area contributed by atoms with E-state index in [0.29, 0.717) is 27.0 Å². The minimum absolute atomic E-state index is 0. The molecule has 0 N–H and O–H groups in total. The first-order valence-electron chi connectivity index (χ1n) is 25.6. The number of carbonyl (C=O) groups is 8. The van der Waals surface area contributed by atoms with E-state index in [9.17, 15) is 38.4 Å². The predicted molar refractivity (Wildman–Crippen MR) is 388 cm³/mol. The number of fused-ring (bicyclic) bond motifs is 2. The number of nitrogens with zero attached hydrogens (tertiary/aromatic N) is 4. The minimum atomic E-state index is -0.870. The lowest BCUT2D eigenvalue weighted by atomic mass is 9.78. The topological polar surface area (TPSA) is 168 Å². The second-order valence-electron chi connectivity index (χ2n) is 17.8. The molecule has 0 radical (unpaired) electrons. The lowest BCUT2D eigenvalue weighted by molar-refractivity contribution is -0.138. The first kappa shape index (κ1) is 60.9. The molecule has 0 spiro atoms. The van der Waals surface area contributed by atoms with Crippen LogP contribution in [-0.2, 0) is 24.6 Å². The van der Waals surface area contributed by atoms with Gasteiger partial charge in [0.15, 0.2) is 5.82 Å². The maximum Gasteiger partial charge on any atom is 0.267 e. The first-order chi connectivity index (χ1) is 43.8. The lowest BCUT2D eigenvalue weighted by Crippen LogP contribution is -2.43. The molecule has 482 valence electrons. The van der Waals surface area contributed by atoms with Crippen LogP contribution in [-0.4, -0.2) is 73.5 Å². The summed E-state index contributed by atoms with van der Waals surface area (Å²) < 4.78 is 12.2. The van der Waals surface area contributed by atoms with Gasteiger partial charge in [-0.3, -0.25) is 48.2 Å². The second kappa shape index (κ2) is 29.7. The van der Waals surface area contributed by atoms with Gasteiger partial charge in [-0.05, 0) is 176 Å². The van der Waals surface area contributed by atoms with Crippen LogP contribution in [0.2, 0.25) is 0 Å². The van der Waals surface area contributed by atoms with E-state index < -0.39 is 65.2 Å². The maximum absolute atomic E-state index is 14.0. The summed E-state index contributed by atoms with van der Waals surface area (Å²) in [4.78, 5) is 107. The molecule has 0 bridgehead atoms. The fourth-order valence-electron chi connectivity index (χ4n) is 7.86. The zero-order valence-corrected chi connectivity index (χ0v) is 46.7. The summed E-state index contributed by atoms with van der Waals surface area (Å²) >= 11 is 0. The zero-order valence-electron chi connectivity index (χ0n) is 46.7. The molecule has 90 heavy (non-hydrogen) atoms. The molecule has 8 amide bonds. The third-order valence-corrected chi connectivity index (χ3v) is 12.0. The molecule has 0 unspecified atom stereocenters. The molecule has 14 heteroatoms. The summed E-state index contributed by atoms with van der Waals surface area (Å²) in [5.41, 5.74) is 85.5. The van der Waals surface area contributed by atoms with Gasteiger partial charge in [-0.2, -0.15) is 0 Å². The van der Waals surface area contributed by atoms with E-state index in [1.807, 2.05) is 38.1 Å². The third-order valence-electron chi connectivity index (χ3n) is 12.0. The number of carbonyl (C=O) groups excluding carboxylic acids is 8. The largest absolute Gasteiger partial charge is 0.457 e. The number of hydrogen-bond donors (Lipinski definition) is 0. The van der Waals surface area contributed by atoms with Gasteiger partial charge in [0.1, 0.15) is 29.7 Å². The van der Waals surface area contributed by atoms with Gasteiger partial charge in [0, 0.05) is 171 Å². The van der Waals surface area contributed by atoms with Crippen LogP contribution in [0.25, 0.3) is 0 Å². The van der Waals surface area contributed by atoms with Gasteiger partial charge in [-0.1, -0.05) is 43.8 Å². The number of amides is 8. The summed E-state index contributed by atoms with van der Waals surface area (Å²) in [5.74, 6) is -5.08. The molecule has 0 fully saturated rings. The van der Waals surface area contributed by atoms with E-state index in [4.69, 9.17) is 9.47 Å². The summed E-state index contributed by atoms with van der Waals surface area (Å²) in [5, 5.41) is 0.